The summed E-state index contributed by atoms with van der Waals surface area (Å²) >= 11 is 0. The Labute approximate surface area is 190 Å². The van der Waals surface area contributed by atoms with Gasteiger partial charge in [0.1, 0.15) is 23.0 Å². The van der Waals surface area contributed by atoms with E-state index in [0.717, 1.165) is 5.57 Å². The first kappa shape index (κ1) is 24.0. The molecule has 1 aromatic rings. The van der Waals surface area contributed by atoms with Crippen LogP contribution < -0.4 is 0 Å². The minimum atomic E-state index is -0.464. The van der Waals surface area contributed by atoms with E-state index in [1.54, 1.807) is 13.0 Å². The molecule has 1 unspecified atom stereocenters. The Morgan fingerprint density at radius 2 is 1.78 bits per heavy atom. The predicted octanol–water partition coefficient (Wildman–Crippen LogP) is 6.20. The summed E-state index contributed by atoms with van der Waals surface area (Å²) in [5.41, 5.74) is 0.955. The van der Waals surface area contributed by atoms with Crippen molar-refractivity contribution in [1.82, 2.24) is 0 Å². The van der Waals surface area contributed by atoms with Crippen LogP contribution in [0.1, 0.15) is 65.0 Å². The molecule has 3 atom stereocenters. The van der Waals surface area contributed by atoms with Crippen molar-refractivity contribution in [2.24, 2.45) is 22.2 Å². The molecular formula is C27H36O5. The van der Waals surface area contributed by atoms with E-state index < -0.39 is 10.8 Å². The van der Waals surface area contributed by atoms with Crippen molar-refractivity contribution in [2.75, 3.05) is 0 Å². The number of aryl methyl sites for hydroxylation is 1. The number of carbonyl (C=O) groups is 1. The van der Waals surface area contributed by atoms with Gasteiger partial charge < -0.3 is 20.4 Å². The Morgan fingerprint density at radius 3 is 2.44 bits per heavy atom. The molecule has 0 saturated heterocycles. The van der Waals surface area contributed by atoms with Crippen molar-refractivity contribution in [3.05, 3.63) is 58.6 Å². The van der Waals surface area contributed by atoms with E-state index in [9.17, 15) is 25.2 Å². The van der Waals surface area contributed by atoms with E-state index in [1.165, 1.54) is 12.1 Å². The molecule has 2 aliphatic rings. The van der Waals surface area contributed by atoms with Crippen LogP contribution in [-0.4, -0.2) is 26.2 Å². The highest BCUT2D eigenvalue weighted by Crippen LogP contribution is 2.69. The topological polar surface area (TPSA) is 98.0 Å². The van der Waals surface area contributed by atoms with Crippen LogP contribution in [0.3, 0.4) is 0 Å². The summed E-state index contributed by atoms with van der Waals surface area (Å²) in [7, 11) is 0. The number of rotatable bonds is 6. The van der Waals surface area contributed by atoms with Gasteiger partial charge in [0, 0.05) is 35.8 Å². The van der Waals surface area contributed by atoms with Crippen molar-refractivity contribution in [3.63, 3.8) is 0 Å². The lowest BCUT2D eigenvalue weighted by molar-refractivity contribution is -0.122. The standard InChI is InChI=1S/C27H36O5/c1-16(7-8-18-11-19(28)10-17(2)24(18)32)9-20(29)13-26(5)15-22-23(31)12-21(30)14-27(26,6)25(22,3)4/h7,10-12,14,22,28,30-32H,8-9,13,15H2,1-6H3/b16-7+/t22?,26-,27+/m0/s1. The summed E-state index contributed by atoms with van der Waals surface area (Å²) in [6.07, 6.45) is 6.92. The highest BCUT2D eigenvalue weighted by Gasteiger charge is 2.64. The van der Waals surface area contributed by atoms with Crippen LogP contribution >= 0.6 is 0 Å². The first-order chi connectivity index (χ1) is 14.7. The van der Waals surface area contributed by atoms with Crippen LogP contribution in [0.25, 0.3) is 0 Å². The number of carbonyl (C=O) groups excluding carboxylic acids is 1. The fraction of sp³-hybridized carbons (Fsp3) is 0.519. The lowest BCUT2D eigenvalue weighted by atomic mass is 9.56. The fourth-order valence-corrected chi connectivity index (χ4v) is 5.89. The number of phenolic OH excluding ortho intramolecular Hbond substituents is 2. The number of allylic oxidation sites excluding steroid dienone is 5. The maximum atomic E-state index is 13.1. The fourth-order valence-electron chi connectivity index (χ4n) is 5.89. The molecule has 3 rings (SSSR count). The maximum absolute atomic E-state index is 13.1. The first-order valence-corrected chi connectivity index (χ1v) is 11.2. The number of Topliss-reactive ketones (excluding diaryl/α,β-unsaturated/α-hetero) is 1. The first-order valence-electron chi connectivity index (χ1n) is 11.2. The van der Waals surface area contributed by atoms with Gasteiger partial charge >= 0.3 is 0 Å². The Balaban J connectivity index is 1.76. The zero-order valence-corrected chi connectivity index (χ0v) is 20.0. The van der Waals surface area contributed by atoms with E-state index in [2.05, 4.69) is 27.7 Å². The predicted molar refractivity (Wildman–Crippen MR) is 126 cm³/mol. The molecule has 1 fully saturated rings. The molecule has 1 aromatic carbocycles. The van der Waals surface area contributed by atoms with Gasteiger partial charge in [0.25, 0.3) is 0 Å². The van der Waals surface area contributed by atoms with Gasteiger partial charge in [0.05, 0.1) is 5.76 Å². The van der Waals surface area contributed by atoms with Crippen LogP contribution in [0, 0.1) is 29.1 Å². The second-order valence-electron chi connectivity index (χ2n) is 10.8. The van der Waals surface area contributed by atoms with Crippen molar-refractivity contribution >= 4 is 5.78 Å². The van der Waals surface area contributed by atoms with E-state index in [-0.39, 0.29) is 40.1 Å². The summed E-state index contributed by atoms with van der Waals surface area (Å²) in [5.74, 6) is 0.488. The Bertz CT molecular complexity index is 1030. The van der Waals surface area contributed by atoms with E-state index in [1.807, 2.05) is 19.1 Å². The van der Waals surface area contributed by atoms with Crippen molar-refractivity contribution in [1.29, 1.82) is 0 Å². The van der Waals surface area contributed by atoms with Gasteiger partial charge in [0.2, 0.25) is 0 Å². The number of ketones is 1. The van der Waals surface area contributed by atoms with Gasteiger partial charge in [-0.15, -0.1) is 0 Å². The Hall–Kier alpha value is -2.69. The van der Waals surface area contributed by atoms with Gasteiger partial charge in [-0.25, -0.2) is 0 Å². The molecule has 0 heterocycles. The quantitative estimate of drug-likeness (QED) is 0.312. The van der Waals surface area contributed by atoms with Crippen LogP contribution in [0.5, 0.6) is 11.5 Å². The van der Waals surface area contributed by atoms with E-state index >= 15 is 0 Å². The molecule has 32 heavy (non-hydrogen) atoms. The van der Waals surface area contributed by atoms with Crippen LogP contribution in [0.15, 0.2) is 47.5 Å². The molecule has 2 aliphatic carbocycles. The molecular weight excluding hydrogens is 404 g/mol. The van der Waals surface area contributed by atoms with Gasteiger partial charge in [-0.3, -0.25) is 4.79 Å². The largest absolute Gasteiger partial charge is 0.512 e. The highest BCUT2D eigenvalue weighted by molar-refractivity contribution is 5.81. The van der Waals surface area contributed by atoms with Crippen LogP contribution in [0.2, 0.25) is 0 Å². The van der Waals surface area contributed by atoms with Gasteiger partial charge in [-0.05, 0) is 61.3 Å². The van der Waals surface area contributed by atoms with E-state index in [0.29, 0.717) is 36.8 Å². The summed E-state index contributed by atoms with van der Waals surface area (Å²) < 4.78 is 0. The number of benzene rings is 1. The summed E-state index contributed by atoms with van der Waals surface area (Å²) in [5, 5.41) is 40.9. The number of phenols is 2. The minimum Gasteiger partial charge on any atom is -0.512 e. The summed E-state index contributed by atoms with van der Waals surface area (Å²) in [6, 6.07) is 3.06. The average Bonchev–Trinajstić information content (AvgIpc) is 2.76. The van der Waals surface area contributed by atoms with Crippen molar-refractivity contribution < 1.29 is 25.2 Å². The Kier molecular flexibility index (Phi) is 6.01. The molecule has 0 amide bonds. The SMILES string of the molecule is C/C(=C\Cc1cc(O)cc(C)c1O)CC(=O)C[C@@]1(C)CC2C(O)=CC(O)=C[C@]1(C)C2(C)C. The molecule has 174 valence electrons. The Morgan fingerprint density at radius 1 is 1.12 bits per heavy atom. The number of fused-ring (bicyclic) bond motifs is 2. The zero-order chi connectivity index (χ0) is 24.1. The normalized spacial score (nSPS) is 29.3. The highest BCUT2D eigenvalue weighted by atomic mass is 16.3. The number of hydrogen-bond donors (Lipinski definition) is 4. The molecule has 5 nitrogen and oxygen atoms in total. The van der Waals surface area contributed by atoms with Gasteiger partial charge in [0.15, 0.2) is 0 Å². The van der Waals surface area contributed by atoms with Crippen LogP contribution in [-0.2, 0) is 11.2 Å². The molecule has 0 aliphatic heterocycles. The monoisotopic (exact) mass is 440 g/mol. The second-order valence-corrected chi connectivity index (χ2v) is 10.8. The number of aromatic hydroxyl groups is 2. The average molecular weight is 441 g/mol. The lowest BCUT2D eigenvalue weighted by Gasteiger charge is -2.46. The summed E-state index contributed by atoms with van der Waals surface area (Å²) in [4.78, 5) is 13.1. The minimum absolute atomic E-state index is 0.0521. The second kappa shape index (κ2) is 8.02. The summed E-state index contributed by atoms with van der Waals surface area (Å²) in [6.45, 7) is 12.0. The smallest absolute Gasteiger partial charge is 0.137 e. The lowest BCUT2D eigenvalue weighted by Crippen LogP contribution is -2.42. The number of aliphatic hydroxyl groups excluding tert-OH is 2. The molecule has 5 heteroatoms. The van der Waals surface area contributed by atoms with Crippen molar-refractivity contribution in [2.45, 2.75) is 67.2 Å². The zero-order valence-electron chi connectivity index (χ0n) is 20.0. The van der Waals surface area contributed by atoms with Gasteiger partial charge in [-0.2, -0.15) is 0 Å². The molecule has 2 bridgehead atoms. The molecule has 0 radical (unpaired) electrons. The van der Waals surface area contributed by atoms with Gasteiger partial charge in [-0.1, -0.05) is 39.3 Å². The third-order valence-electron chi connectivity index (χ3n) is 8.31. The number of hydrogen-bond acceptors (Lipinski definition) is 5. The third-order valence-corrected chi connectivity index (χ3v) is 8.31. The molecule has 4 N–H and O–H groups in total. The van der Waals surface area contributed by atoms with E-state index in [4.69, 9.17) is 0 Å². The maximum Gasteiger partial charge on any atom is 0.137 e. The van der Waals surface area contributed by atoms with Crippen molar-refractivity contribution in [3.8, 4) is 11.5 Å². The molecule has 0 spiro atoms. The van der Waals surface area contributed by atoms with Crippen LogP contribution in [0.4, 0.5) is 0 Å². The molecule has 0 aromatic heterocycles. The molecule has 1 saturated carbocycles. The third kappa shape index (κ3) is 3.94. The number of aliphatic hydroxyl groups is 2.